The maximum atomic E-state index is 12.7. The summed E-state index contributed by atoms with van der Waals surface area (Å²) in [6, 6.07) is 7.70. The molecule has 1 amide bonds. The van der Waals surface area contributed by atoms with Gasteiger partial charge in [-0.15, -0.1) is 10.2 Å². The lowest BCUT2D eigenvalue weighted by Crippen LogP contribution is -2.40. The summed E-state index contributed by atoms with van der Waals surface area (Å²) in [5.74, 6) is 1.96. The second-order valence-corrected chi connectivity index (χ2v) is 9.05. The van der Waals surface area contributed by atoms with Gasteiger partial charge in [0.2, 0.25) is 5.91 Å². The van der Waals surface area contributed by atoms with E-state index in [-0.39, 0.29) is 11.9 Å². The molecule has 152 valence electrons. The Labute approximate surface area is 176 Å². The minimum atomic E-state index is 0.0798. The molecular formula is C20H28ClN5OS. The van der Waals surface area contributed by atoms with Crippen molar-refractivity contribution in [2.75, 3.05) is 32.9 Å². The first-order valence-corrected chi connectivity index (χ1v) is 11.0. The van der Waals surface area contributed by atoms with Crippen LogP contribution in [0.4, 0.5) is 0 Å². The number of rotatable bonds is 6. The molecule has 1 saturated heterocycles. The molecule has 1 fully saturated rings. The van der Waals surface area contributed by atoms with Gasteiger partial charge < -0.3 is 4.90 Å². The van der Waals surface area contributed by atoms with E-state index < -0.39 is 0 Å². The van der Waals surface area contributed by atoms with Crippen molar-refractivity contribution in [2.45, 2.75) is 37.9 Å². The molecule has 6 nitrogen and oxygen atoms in total. The van der Waals surface area contributed by atoms with Crippen molar-refractivity contribution >= 4 is 29.3 Å². The van der Waals surface area contributed by atoms with Crippen LogP contribution in [-0.4, -0.2) is 63.4 Å². The van der Waals surface area contributed by atoms with Crippen LogP contribution >= 0.6 is 23.4 Å². The quantitative estimate of drug-likeness (QED) is 0.662. The molecular weight excluding hydrogens is 394 g/mol. The normalized spacial score (nSPS) is 18.5. The lowest BCUT2D eigenvalue weighted by Gasteiger charge is -2.30. The standard InChI is InChI=1S/C20H28ClN5OS/c1-14-6-5-11-25(12-14)18(27)13-28-20-23-22-19(15(2)24(3)4)26(20)17-9-7-16(21)8-10-17/h7-10,14-15H,5-6,11-13H2,1-4H3/t14-,15+/m0/s1. The predicted molar refractivity (Wildman–Crippen MR) is 114 cm³/mol. The summed E-state index contributed by atoms with van der Waals surface area (Å²) < 4.78 is 2.03. The Morgan fingerprint density at radius 3 is 2.68 bits per heavy atom. The van der Waals surface area contributed by atoms with Crippen molar-refractivity contribution in [2.24, 2.45) is 5.92 Å². The number of amides is 1. The first-order chi connectivity index (χ1) is 13.4. The smallest absolute Gasteiger partial charge is 0.233 e. The van der Waals surface area contributed by atoms with E-state index in [0.29, 0.717) is 16.7 Å². The molecule has 0 saturated carbocycles. The Morgan fingerprint density at radius 1 is 1.32 bits per heavy atom. The average Bonchev–Trinajstić information content (AvgIpc) is 3.09. The second kappa shape index (κ2) is 9.29. The third-order valence-corrected chi connectivity index (χ3v) is 6.39. The average molecular weight is 422 g/mol. The third-order valence-electron chi connectivity index (χ3n) is 5.23. The number of aromatic nitrogens is 3. The topological polar surface area (TPSA) is 54.3 Å². The molecule has 0 unspecified atom stereocenters. The summed E-state index contributed by atoms with van der Waals surface area (Å²) in [6.07, 6.45) is 2.29. The first kappa shape index (κ1) is 21.1. The van der Waals surface area contributed by atoms with Gasteiger partial charge >= 0.3 is 0 Å². The van der Waals surface area contributed by atoms with Crippen LogP contribution in [0.15, 0.2) is 29.4 Å². The van der Waals surface area contributed by atoms with E-state index in [0.717, 1.165) is 36.2 Å². The number of hydrogen-bond acceptors (Lipinski definition) is 5. The van der Waals surface area contributed by atoms with Gasteiger partial charge in [-0.3, -0.25) is 14.3 Å². The van der Waals surface area contributed by atoms with Crippen molar-refractivity contribution in [3.05, 3.63) is 35.1 Å². The molecule has 1 aliphatic rings. The van der Waals surface area contributed by atoms with Gasteiger partial charge in [-0.2, -0.15) is 0 Å². The summed E-state index contributed by atoms with van der Waals surface area (Å²) >= 11 is 7.51. The first-order valence-electron chi connectivity index (χ1n) is 9.65. The van der Waals surface area contributed by atoms with Crippen molar-refractivity contribution in [3.8, 4) is 5.69 Å². The zero-order chi connectivity index (χ0) is 20.3. The van der Waals surface area contributed by atoms with Gasteiger partial charge in [0.1, 0.15) is 0 Å². The number of halogens is 1. The number of benzene rings is 1. The van der Waals surface area contributed by atoms with E-state index in [1.165, 1.54) is 18.2 Å². The minimum Gasteiger partial charge on any atom is -0.342 e. The van der Waals surface area contributed by atoms with Crippen molar-refractivity contribution in [3.63, 3.8) is 0 Å². The summed E-state index contributed by atoms with van der Waals surface area (Å²) in [5, 5.41) is 10.2. The molecule has 1 aromatic carbocycles. The molecule has 0 N–H and O–H groups in total. The monoisotopic (exact) mass is 421 g/mol. The minimum absolute atomic E-state index is 0.0798. The molecule has 2 atom stereocenters. The largest absolute Gasteiger partial charge is 0.342 e. The zero-order valence-electron chi connectivity index (χ0n) is 16.9. The second-order valence-electron chi connectivity index (χ2n) is 7.67. The number of piperidine rings is 1. The molecule has 3 rings (SSSR count). The van der Waals surface area contributed by atoms with Gasteiger partial charge in [-0.25, -0.2) is 0 Å². The van der Waals surface area contributed by atoms with Crippen LogP contribution in [0.25, 0.3) is 5.69 Å². The Hall–Kier alpha value is -1.57. The van der Waals surface area contributed by atoms with Crippen LogP contribution in [0.1, 0.15) is 38.6 Å². The lowest BCUT2D eigenvalue weighted by atomic mass is 10.0. The van der Waals surface area contributed by atoms with E-state index >= 15 is 0 Å². The number of likely N-dealkylation sites (tertiary alicyclic amines) is 1. The fourth-order valence-electron chi connectivity index (χ4n) is 3.34. The van der Waals surface area contributed by atoms with Crippen molar-refractivity contribution in [1.82, 2.24) is 24.6 Å². The van der Waals surface area contributed by atoms with Gasteiger partial charge in [0.15, 0.2) is 11.0 Å². The summed E-state index contributed by atoms with van der Waals surface area (Å²) in [6.45, 7) is 6.01. The van der Waals surface area contributed by atoms with Gasteiger partial charge in [0.05, 0.1) is 11.8 Å². The molecule has 0 spiro atoms. The number of nitrogens with zero attached hydrogens (tertiary/aromatic N) is 5. The Morgan fingerprint density at radius 2 is 2.04 bits per heavy atom. The highest BCUT2D eigenvalue weighted by Gasteiger charge is 2.24. The summed E-state index contributed by atoms with van der Waals surface area (Å²) in [4.78, 5) is 16.7. The molecule has 2 heterocycles. The molecule has 1 aromatic heterocycles. The lowest BCUT2D eigenvalue weighted by molar-refractivity contribution is -0.130. The van der Waals surface area contributed by atoms with E-state index in [2.05, 4.69) is 28.9 Å². The van der Waals surface area contributed by atoms with Crippen LogP contribution in [0.2, 0.25) is 5.02 Å². The predicted octanol–water partition coefficient (Wildman–Crippen LogP) is 3.89. The molecule has 28 heavy (non-hydrogen) atoms. The molecule has 0 aliphatic carbocycles. The number of hydrogen-bond donors (Lipinski definition) is 0. The van der Waals surface area contributed by atoms with Crippen LogP contribution in [0.3, 0.4) is 0 Å². The third kappa shape index (κ3) is 4.88. The van der Waals surface area contributed by atoms with E-state index in [1.807, 2.05) is 47.8 Å². The van der Waals surface area contributed by atoms with Gasteiger partial charge in [0, 0.05) is 23.8 Å². The van der Waals surface area contributed by atoms with Gasteiger partial charge in [-0.05, 0) is 64.0 Å². The van der Waals surface area contributed by atoms with Crippen molar-refractivity contribution in [1.29, 1.82) is 0 Å². The maximum Gasteiger partial charge on any atom is 0.233 e. The Kier molecular flexibility index (Phi) is 7.01. The van der Waals surface area contributed by atoms with Crippen molar-refractivity contribution < 1.29 is 4.79 Å². The van der Waals surface area contributed by atoms with E-state index in [4.69, 9.17) is 11.6 Å². The van der Waals surface area contributed by atoms with E-state index in [1.54, 1.807) is 0 Å². The molecule has 0 bridgehead atoms. The van der Waals surface area contributed by atoms with Crippen LogP contribution in [0.5, 0.6) is 0 Å². The summed E-state index contributed by atoms with van der Waals surface area (Å²) in [5.41, 5.74) is 0.944. The number of carbonyl (C=O) groups excluding carboxylic acids is 1. The molecule has 8 heteroatoms. The highest BCUT2D eigenvalue weighted by atomic mass is 35.5. The number of carbonyl (C=O) groups is 1. The SMILES string of the molecule is C[C@H]1CCCN(C(=O)CSc2nnc([C@@H](C)N(C)C)n2-c2ccc(Cl)cc2)C1. The zero-order valence-corrected chi connectivity index (χ0v) is 18.5. The fourth-order valence-corrected chi connectivity index (χ4v) is 4.33. The molecule has 0 radical (unpaired) electrons. The van der Waals surface area contributed by atoms with Crippen LogP contribution in [-0.2, 0) is 4.79 Å². The highest BCUT2D eigenvalue weighted by molar-refractivity contribution is 7.99. The maximum absolute atomic E-state index is 12.7. The fraction of sp³-hybridized carbons (Fsp3) is 0.550. The van der Waals surface area contributed by atoms with Crippen LogP contribution < -0.4 is 0 Å². The van der Waals surface area contributed by atoms with Crippen LogP contribution in [0, 0.1) is 5.92 Å². The molecule has 2 aromatic rings. The van der Waals surface area contributed by atoms with Gasteiger partial charge in [-0.1, -0.05) is 30.3 Å². The van der Waals surface area contributed by atoms with E-state index in [9.17, 15) is 4.79 Å². The molecule has 1 aliphatic heterocycles. The number of thioether (sulfide) groups is 1. The summed E-state index contributed by atoms with van der Waals surface area (Å²) in [7, 11) is 4.03. The highest BCUT2D eigenvalue weighted by Crippen LogP contribution is 2.28. The Bertz CT molecular complexity index is 807. The van der Waals surface area contributed by atoms with Gasteiger partial charge in [0.25, 0.3) is 0 Å². The Balaban J connectivity index is 1.82.